The lowest BCUT2D eigenvalue weighted by molar-refractivity contribution is -0.147. The minimum absolute atomic E-state index is 0.109. The van der Waals surface area contributed by atoms with Crippen molar-refractivity contribution in [2.45, 2.75) is 57.7 Å². The number of ether oxygens (including phenoxy) is 1. The van der Waals surface area contributed by atoms with Crippen molar-refractivity contribution in [1.82, 2.24) is 15.5 Å². The van der Waals surface area contributed by atoms with Crippen LogP contribution in [-0.4, -0.2) is 59.3 Å². The SMILES string of the molecule is CC(C)(C)CC(NC(=O)OCC1c2ccccc2-c2ccccc21)C(=O)NC1(C(=O)O)CCN(Cc2ccccc2)C1. The molecule has 3 N–H and O–H groups in total. The zero-order valence-electron chi connectivity index (χ0n) is 24.4. The minimum Gasteiger partial charge on any atom is -0.479 e. The zero-order valence-corrected chi connectivity index (χ0v) is 24.4. The average Bonchev–Trinajstić information content (AvgIpc) is 3.51. The van der Waals surface area contributed by atoms with E-state index in [1.54, 1.807) is 0 Å². The van der Waals surface area contributed by atoms with Crippen LogP contribution in [0, 0.1) is 5.41 Å². The highest BCUT2D eigenvalue weighted by atomic mass is 16.5. The number of nitrogens with one attached hydrogen (secondary N) is 2. The van der Waals surface area contributed by atoms with Crippen LogP contribution in [0.3, 0.4) is 0 Å². The quantitative estimate of drug-likeness (QED) is 0.328. The van der Waals surface area contributed by atoms with Crippen LogP contribution in [0.4, 0.5) is 4.79 Å². The first-order valence-corrected chi connectivity index (χ1v) is 14.5. The third kappa shape index (κ3) is 6.49. The predicted molar refractivity (Wildman–Crippen MR) is 161 cm³/mol. The molecule has 3 aromatic rings. The van der Waals surface area contributed by atoms with Gasteiger partial charge in [0.15, 0.2) is 5.54 Å². The van der Waals surface area contributed by atoms with E-state index in [1.165, 1.54) is 0 Å². The number of hydrogen-bond acceptors (Lipinski definition) is 5. The van der Waals surface area contributed by atoms with E-state index in [0.29, 0.717) is 19.5 Å². The van der Waals surface area contributed by atoms with Gasteiger partial charge in [-0.05, 0) is 46.1 Å². The number of nitrogens with zero attached hydrogens (tertiary/aromatic N) is 1. The summed E-state index contributed by atoms with van der Waals surface area (Å²) in [6.45, 7) is 7.33. The number of amides is 2. The normalized spacial score (nSPS) is 19.0. The lowest BCUT2D eigenvalue weighted by atomic mass is 9.87. The molecule has 1 heterocycles. The van der Waals surface area contributed by atoms with E-state index < -0.39 is 29.6 Å². The molecule has 0 saturated carbocycles. The maximum Gasteiger partial charge on any atom is 0.407 e. The van der Waals surface area contributed by atoms with Gasteiger partial charge in [0.05, 0.1) is 0 Å². The largest absolute Gasteiger partial charge is 0.479 e. The van der Waals surface area contributed by atoms with Crippen LogP contribution in [0.1, 0.15) is 56.2 Å². The van der Waals surface area contributed by atoms with Crippen molar-refractivity contribution in [1.29, 1.82) is 0 Å². The number of hydrogen-bond donors (Lipinski definition) is 3. The number of aliphatic carboxylic acids is 1. The van der Waals surface area contributed by atoms with Crippen LogP contribution in [-0.2, 0) is 20.9 Å². The van der Waals surface area contributed by atoms with Gasteiger partial charge in [-0.15, -0.1) is 0 Å². The van der Waals surface area contributed by atoms with Crippen molar-refractivity contribution in [3.05, 3.63) is 95.6 Å². The summed E-state index contributed by atoms with van der Waals surface area (Å²) in [6, 6.07) is 25.0. The first-order chi connectivity index (χ1) is 20.0. The van der Waals surface area contributed by atoms with Crippen LogP contribution in [0.5, 0.6) is 0 Å². The van der Waals surface area contributed by atoms with E-state index in [1.807, 2.05) is 92.4 Å². The molecule has 1 aliphatic heterocycles. The molecule has 2 unspecified atom stereocenters. The van der Waals surface area contributed by atoms with Crippen LogP contribution in [0.25, 0.3) is 11.1 Å². The Bertz CT molecular complexity index is 1410. The predicted octanol–water partition coefficient (Wildman–Crippen LogP) is 5.18. The van der Waals surface area contributed by atoms with Gasteiger partial charge in [-0.25, -0.2) is 9.59 Å². The molecule has 0 bridgehead atoms. The maximum atomic E-state index is 13.6. The molecule has 5 rings (SSSR count). The van der Waals surface area contributed by atoms with E-state index in [0.717, 1.165) is 27.8 Å². The van der Waals surface area contributed by atoms with Crippen LogP contribution in [0.15, 0.2) is 78.9 Å². The van der Waals surface area contributed by atoms with E-state index in [-0.39, 0.29) is 30.9 Å². The minimum atomic E-state index is -1.44. The summed E-state index contributed by atoms with van der Waals surface area (Å²) in [5.74, 6) is -1.72. The Kier molecular flexibility index (Phi) is 8.36. The molecule has 1 saturated heterocycles. The maximum absolute atomic E-state index is 13.6. The summed E-state index contributed by atoms with van der Waals surface area (Å²) in [6.07, 6.45) is -0.122. The Hall–Kier alpha value is -4.17. The molecule has 8 nitrogen and oxygen atoms in total. The summed E-state index contributed by atoms with van der Waals surface area (Å²) < 4.78 is 5.71. The van der Waals surface area contributed by atoms with Gasteiger partial charge in [-0.2, -0.15) is 0 Å². The van der Waals surface area contributed by atoms with Gasteiger partial charge in [-0.1, -0.05) is 99.6 Å². The summed E-state index contributed by atoms with van der Waals surface area (Å²) >= 11 is 0. The third-order valence-electron chi connectivity index (χ3n) is 8.14. The number of carboxylic acid groups (broad SMARTS) is 1. The van der Waals surface area contributed by atoms with Gasteiger partial charge in [0, 0.05) is 25.6 Å². The molecule has 2 amide bonds. The molecule has 220 valence electrons. The number of benzene rings is 3. The molecule has 0 radical (unpaired) electrons. The highest BCUT2D eigenvalue weighted by Crippen LogP contribution is 2.44. The zero-order chi connectivity index (χ0) is 29.9. The molecular formula is C34H39N3O5. The number of rotatable bonds is 9. The van der Waals surface area contributed by atoms with Gasteiger partial charge in [0.1, 0.15) is 12.6 Å². The number of alkyl carbamates (subject to hydrolysis) is 1. The van der Waals surface area contributed by atoms with Crippen molar-refractivity contribution >= 4 is 18.0 Å². The number of carboxylic acids is 1. The van der Waals surface area contributed by atoms with Crippen LogP contribution >= 0.6 is 0 Å². The van der Waals surface area contributed by atoms with Crippen molar-refractivity contribution in [3.63, 3.8) is 0 Å². The Morgan fingerprint density at radius 1 is 0.952 bits per heavy atom. The van der Waals surface area contributed by atoms with E-state index in [2.05, 4.69) is 22.8 Å². The molecule has 2 aliphatic rings. The third-order valence-corrected chi connectivity index (χ3v) is 8.14. The number of carbonyl (C=O) groups excluding carboxylic acids is 2. The fourth-order valence-electron chi connectivity index (χ4n) is 6.12. The summed E-state index contributed by atoms with van der Waals surface area (Å²) in [5, 5.41) is 15.8. The van der Waals surface area contributed by atoms with Gasteiger partial charge >= 0.3 is 12.1 Å². The highest BCUT2D eigenvalue weighted by Gasteiger charge is 2.47. The second-order valence-corrected chi connectivity index (χ2v) is 12.6. The van der Waals surface area contributed by atoms with Crippen molar-refractivity contribution in [2.24, 2.45) is 5.41 Å². The Labute approximate surface area is 247 Å². The standard InChI is InChI=1S/C34H39N3O5/c1-33(2,3)19-29(30(38)36-34(31(39)40)17-18-37(22-34)20-23-11-5-4-6-12-23)35-32(41)42-21-28-26-15-9-7-13-24(26)25-14-8-10-16-27(25)28/h4-16,28-29H,17-22H2,1-3H3,(H,35,41)(H,36,38)(H,39,40). The van der Waals surface area contributed by atoms with Crippen molar-refractivity contribution in [2.75, 3.05) is 19.7 Å². The fraction of sp³-hybridized carbons (Fsp3) is 0.382. The topological polar surface area (TPSA) is 108 Å². The first-order valence-electron chi connectivity index (χ1n) is 14.5. The number of likely N-dealkylation sites (tertiary alicyclic amines) is 1. The fourth-order valence-corrected chi connectivity index (χ4v) is 6.12. The molecule has 1 aliphatic carbocycles. The lowest BCUT2D eigenvalue weighted by Gasteiger charge is -2.31. The smallest absolute Gasteiger partial charge is 0.407 e. The molecule has 3 aromatic carbocycles. The molecular weight excluding hydrogens is 530 g/mol. The Morgan fingerprint density at radius 3 is 2.14 bits per heavy atom. The van der Waals surface area contributed by atoms with Gasteiger partial charge < -0.3 is 20.5 Å². The highest BCUT2D eigenvalue weighted by molar-refractivity contribution is 5.92. The number of carbonyl (C=O) groups is 3. The first kappa shape index (κ1) is 29.3. The average molecular weight is 570 g/mol. The Morgan fingerprint density at radius 2 is 1.55 bits per heavy atom. The molecule has 8 heteroatoms. The Balaban J connectivity index is 1.25. The number of fused-ring (bicyclic) bond motifs is 3. The summed E-state index contributed by atoms with van der Waals surface area (Å²) in [7, 11) is 0. The lowest BCUT2D eigenvalue weighted by Crippen LogP contribution is -2.61. The van der Waals surface area contributed by atoms with Crippen LogP contribution < -0.4 is 10.6 Å². The second-order valence-electron chi connectivity index (χ2n) is 12.6. The molecule has 0 aromatic heterocycles. The van der Waals surface area contributed by atoms with Crippen molar-refractivity contribution in [3.8, 4) is 11.1 Å². The molecule has 2 atom stereocenters. The van der Waals surface area contributed by atoms with Gasteiger partial charge in [-0.3, -0.25) is 9.69 Å². The van der Waals surface area contributed by atoms with Gasteiger partial charge in [0.2, 0.25) is 5.91 Å². The van der Waals surface area contributed by atoms with E-state index >= 15 is 0 Å². The second kappa shape index (κ2) is 12.0. The van der Waals surface area contributed by atoms with Crippen molar-refractivity contribution < 1.29 is 24.2 Å². The summed E-state index contributed by atoms with van der Waals surface area (Å²) in [5.41, 5.74) is 3.77. The molecule has 0 spiro atoms. The van der Waals surface area contributed by atoms with E-state index in [9.17, 15) is 19.5 Å². The van der Waals surface area contributed by atoms with Crippen LogP contribution in [0.2, 0.25) is 0 Å². The molecule has 42 heavy (non-hydrogen) atoms. The summed E-state index contributed by atoms with van der Waals surface area (Å²) in [4.78, 5) is 41.2. The molecule has 1 fully saturated rings. The monoisotopic (exact) mass is 569 g/mol. The van der Waals surface area contributed by atoms with Gasteiger partial charge in [0.25, 0.3) is 0 Å². The van der Waals surface area contributed by atoms with E-state index in [4.69, 9.17) is 4.74 Å².